The van der Waals surface area contributed by atoms with Crippen LogP contribution in [0.3, 0.4) is 0 Å². The van der Waals surface area contributed by atoms with E-state index in [1.165, 1.54) is 18.2 Å². The van der Waals surface area contributed by atoms with Gasteiger partial charge in [-0.3, -0.25) is 9.59 Å². The summed E-state index contributed by atoms with van der Waals surface area (Å²) >= 11 is 5.92. The number of carbonyl (C=O) groups is 2. The van der Waals surface area contributed by atoms with Crippen LogP contribution in [0.2, 0.25) is 5.02 Å². The molecule has 1 heterocycles. The van der Waals surface area contributed by atoms with Crippen molar-refractivity contribution >= 4 is 33.4 Å². The number of nitrogens with zero attached hydrogens (tertiary/aromatic N) is 2. The molecule has 0 saturated carbocycles. The van der Waals surface area contributed by atoms with E-state index in [-0.39, 0.29) is 47.9 Å². The number of halogens is 1. The van der Waals surface area contributed by atoms with Crippen molar-refractivity contribution in [1.29, 1.82) is 0 Å². The highest BCUT2D eigenvalue weighted by Gasteiger charge is 2.30. The molecule has 1 unspecified atom stereocenters. The Kier molecular flexibility index (Phi) is 6.26. The van der Waals surface area contributed by atoms with Crippen molar-refractivity contribution in [2.75, 3.05) is 26.7 Å². The summed E-state index contributed by atoms with van der Waals surface area (Å²) in [6, 6.07) is 12.9. The van der Waals surface area contributed by atoms with E-state index in [1.54, 1.807) is 30.1 Å². The smallest absolute Gasteiger partial charge is 0.254 e. The predicted molar refractivity (Wildman–Crippen MR) is 110 cm³/mol. The molecule has 2 aromatic rings. The standard InChI is InChI=1S/C20H22ClN3O4S/c1-14(15-6-8-17(21)9-7-15)23(2)20(26)16-4-3-5-18(12-16)29(27,28)24-11-10-22-19(25)13-24/h3-9,12,14H,10-11,13H2,1-2H3,(H,22,25). The van der Waals surface area contributed by atoms with Crippen LogP contribution in [0, 0.1) is 0 Å². The molecule has 0 bridgehead atoms. The minimum atomic E-state index is -3.87. The van der Waals surface area contributed by atoms with Gasteiger partial charge in [0.1, 0.15) is 0 Å². The van der Waals surface area contributed by atoms with Crippen molar-refractivity contribution in [3.05, 3.63) is 64.7 Å². The van der Waals surface area contributed by atoms with E-state index in [2.05, 4.69) is 5.32 Å². The van der Waals surface area contributed by atoms with E-state index in [4.69, 9.17) is 11.6 Å². The van der Waals surface area contributed by atoms with Crippen LogP contribution in [0.1, 0.15) is 28.9 Å². The van der Waals surface area contributed by atoms with E-state index in [0.717, 1.165) is 9.87 Å². The molecule has 1 aliphatic rings. The molecule has 2 amide bonds. The molecule has 0 spiro atoms. The summed E-state index contributed by atoms with van der Waals surface area (Å²) in [6.45, 7) is 2.11. The third kappa shape index (κ3) is 4.60. The molecule has 3 rings (SSSR count). The largest absolute Gasteiger partial charge is 0.354 e. The molecular weight excluding hydrogens is 414 g/mol. The topological polar surface area (TPSA) is 86.8 Å². The number of hydrogen-bond donors (Lipinski definition) is 1. The average Bonchev–Trinajstić information content (AvgIpc) is 2.73. The lowest BCUT2D eigenvalue weighted by atomic mass is 10.1. The third-order valence-electron chi connectivity index (χ3n) is 4.98. The van der Waals surface area contributed by atoms with Crippen LogP contribution >= 0.6 is 11.6 Å². The van der Waals surface area contributed by atoms with Gasteiger partial charge in [0.15, 0.2) is 0 Å². The first-order valence-corrected chi connectivity index (χ1v) is 10.9. The molecule has 1 N–H and O–H groups in total. The second kappa shape index (κ2) is 8.52. The van der Waals surface area contributed by atoms with Crippen LogP contribution in [-0.2, 0) is 14.8 Å². The number of benzene rings is 2. The number of sulfonamides is 1. The number of carbonyl (C=O) groups excluding carboxylic acids is 2. The van der Waals surface area contributed by atoms with E-state index < -0.39 is 10.0 Å². The van der Waals surface area contributed by atoms with Crippen LogP contribution in [0.25, 0.3) is 0 Å². The summed E-state index contributed by atoms with van der Waals surface area (Å²) < 4.78 is 26.9. The van der Waals surface area contributed by atoms with Crippen molar-refractivity contribution in [3.8, 4) is 0 Å². The van der Waals surface area contributed by atoms with Crippen molar-refractivity contribution in [3.63, 3.8) is 0 Å². The van der Waals surface area contributed by atoms with Gasteiger partial charge >= 0.3 is 0 Å². The van der Waals surface area contributed by atoms with Gasteiger partial charge in [0.05, 0.1) is 17.5 Å². The molecule has 2 aromatic carbocycles. The summed E-state index contributed by atoms with van der Waals surface area (Å²) in [4.78, 5) is 26.1. The molecule has 0 radical (unpaired) electrons. The molecule has 0 aliphatic carbocycles. The highest BCUT2D eigenvalue weighted by molar-refractivity contribution is 7.89. The van der Waals surface area contributed by atoms with Gasteiger partial charge < -0.3 is 10.2 Å². The molecule has 1 fully saturated rings. The zero-order valence-corrected chi connectivity index (χ0v) is 17.7. The highest BCUT2D eigenvalue weighted by atomic mass is 35.5. The van der Waals surface area contributed by atoms with Crippen molar-refractivity contribution in [2.24, 2.45) is 0 Å². The maximum Gasteiger partial charge on any atom is 0.254 e. The summed E-state index contributed by atoms with van der Waals surface area (Å²) in [5.74, 6) is -0.649. The van der Waals surface area contributed by atoms with E-state index in [0.29, 0.717) is 5.02 Å². The summed E-state index contributed by atoms with van der Waals surface area (Å²) in [5.41, 5.74) is 1.17. The van der Waals surface area contributed by atoms with Crippen molar-refractivity contribution < 1.29 is 18.0 Å². The summed E-state index contributed by atoms with van der Waals surface area (Å²) in [5, 5.41) is 3.21. The quantitative estimate of drug-likeness (QED) is 0.780. The maximum atomic E-state index is 13.0. The first-order chi connectivity index (χ1) is 13.7. The van der Waals surface area contributed by atoms with Gasteiger partial charge in [-0.25, -0.2) is 8.42 Å². The fourth-order valence-electron chi connectivity index (χ4n) is 3.10. The lowest BCUT2D eigenvalue weighted by Crippen LogP contribution is -2.49. The van der Waals surface area contributed by atoms with Crippen molar-refractivity contribution in [2.45, 2.75) is 17.9 Å². The molecule has 0 aromatic heterocycles. The maximum absolute atomic E-state index is 13.0. The van der Waals surface area contributed by atoms with E-state index >= 15 is 0 Å². The predicted octanol–water partition coefficient (Wildman–Crippen LogP) is 2.29. The number of rotatable bonds is 5. The minimum absolute atomic E-state index is 0.00871. The molecule has 1 atom stereocenters. The SMILES string of the molecule is CC(c1ccc(Cl)cc1)N(C)C(=O)c1cccc(S(=O)(=O)N2CCNC(=O)C2)c1. The Bertz CT molecular complexity index is 1020. The van der Waals surface area contributed by atoms with Crippen LogP contribution in [-0.4, -0.2) is 56.1 Å². The molecular formula is C20H22ClN3O4S. The number of amides is 2. The van der Waals surface area contributed by atoms with Crippen LogP contribution in [0.5, 0.6) is 0 Å². The fourth-order valence-corrected chi connectivity index (χ4v) is 4.67. The van der Waals surface area contributed by atoms with Gasteiger partial charge in [0, 0.05) is 30.7 Å². The molecule has 9 heteroatoms. The minimum Gasteiger partial charge on any atom is -0.354 e. The van der Waals surface area contributed by atoms with Crippen LogP contribution in [0.15, 0.2) is 53.4 Å². The highest BCUT2D eigenvalue weighted by Crippen LogP contribution is 2.24. The van der Waals surface area contributed by atoms with Crippen molar-refractivity contribution in [1.82, 2.24) is 14.5 Å². The van der Waals surface area contributed by atoms with Gasteiger partial charge in [-0.1, -0.05) is 29.8 Å². The Morgan fingerprint density at radius 3 is 2.55 bits per heavy atom. The van der Waals surface area contributed by atoms with Crippen LogP contribution in [0.4, 0.5) is 0 Å². The Balaban J connectivity index is 1.83. The van der Waals surface area contributed by atoms with E-state index in [1.807, 2.05) is 19.1 Å². The molecule has 154 valence electrons. The van der Waals surface area contributed by atoms with Gasteiger partial charge in [-0.05, 0) is 42.8 Å². The van der Waals surface area contributed by atoms with Gasteiger partial charge in [-0.15, -0.1) is 0 Å². The number of nitrogens with one attached hydrogen (secondary N) is 1. The Hall–Kier alpha value is -2.42. The van der Waals surface area contributed by atoms with Crippen LogP contribution < -0.4 is 5.32 Å². The number of hydrogen-bond acceptors (Lipinski definition) is 4. The average molecular weight is 436 g/mol. The van der Waals surface area contributed by atoms with E-state index in [9.17, 15) is 18.0 Å². The third-order valence-corrected chi connectivity index (χ3v) is 7.07. The molecule has 29 heavy (non-hydrogen) atoms. The second-order valence-corrected chi connectivity index (χ2v) is 9.23. The lowest BCUT2D eigenvalue weighted by molar-refractivity contribution is -0.122. The first kappa shape index (κ1) is 21.3. The lowest BCUT2D eigenvalue weighted by Gasteiger charge is -2.27. The summed E-state index contributed by atoms with van der Waals surface area (Å²) in [6.07, 6.45) is 0. The Morgan fingerprint density at radius 2 is 1.90 bits per heavy atom. The zero-order chi connectivity index (χ0) is 21.2. The fraction of sp³-hybridized carbons (Fsp3) is 0.300. The monoisotopic (exact) mass is 435 g/mol. The summed E-state index contributed by atoms with van der Waals surface area (Å²) in [7, 11) is -2.20. The molecule has 1 aliphatic heterocycles. The van der Waals surface area contributed by atoms with Gasteiger partial charge in [-0.2, -0.15) is 4.31 Å². The molecule has 7 nitrogen and oxygen atoms in total. The molecule has 1 saturated heterocycles. The zero-order valence-electron chi connectivity index (χ0n) is 16.1. The second-order valence-electron chi connectivity index (χ2n) is 6.86. The first-order valence-electron chi connectivity index (χ1n) is 9.09. The Morgan fingerprint density at radius 1 is 1.21 bits per heavy atom. The Labute approximate surface area is 175 Å². The van der Waals surface area contributed by atoms with Gasteiger partial charge in [0.25, 0.3) is 5.91 Å². The number of piperazine rings is 1. The van der Waals surface area contributed by atoms with Gasteiger partial charge in [0.2, 0.25) is 15.9 Å². The normalized spacial score (nSPS) is 16.2.